The third kappa shape index (κ3) is 8.98. The molecular formula is C26H37ClN2O2. The number of hydrogen-bond donors (Lipinski definition) is 0. The Balaban J connectivity index is 1.86. The van der Waals surface area contributed by atoms with E-state index in [2.05, 4.69) is 30.7 Å². The summed E-state index contributed by atoms with van der Waals surface area (Å²) in [6, 6.07) is 7.27. The summed E-state index contributed by atoms with van der Waals surface area (Å²) in [5.74, 6) is 1.51. The lowest BCUT2D eigenvalue weighted by Crippen LogP contribution is -2.27. The first kappa shape index (κ1) is 25.3. The molecule has 0 saturated carbocycles. The summed E-state index contributed by atoms with van der Waals surface area (Å²) >= 11 is 6.35. The molecule has 0 aliphatic rings. The van der Waals surface area contributed by atoms with Gasteiger partial charge in [-0.1, -0.05) is 59.8 Å². The number of carbonyl (C=O) groups is 1. The summed E-state index contributed by atoms with van der Waals surface area (Å²) < 4.78 is 5.49. The lowest BCUT2D eigenvalue weighted by Gasteiger charge is -2.17. The molecule has 170 valence electrons. The van der Waals surface area contributed by atoms with Gasteiger partial charge in [0.05, 0.1) is 0 Å². The van der Waals surface area contributed by atoms with Crippen molar-refractivity contribution in [3.8, 4) is 17.1 Å². The van der Waals surface area contributed by atoms with Crippen LogP contribution in [-0.4, -0.2) is 21.3 Å². The molecule has 0 amide bonds. The highest BCUT2D eigenvalue weighted by Crippen LogP contribution is 2.23. The molecule has 0 aliphatic carbocycles. The van der Waals surface area contributed by atoms with Gasteiger partial charge >= 0.3 is 5.97 Å². The molecule has 0 fully saturated rings. The Hall–Kier alpha value is -1.94. The van der Waals surface area contributed by atoms with Gasteiger partial charge in [0.15, 0.2) is 5.82 Å². The summed E-state index contributed by atoms with van der Waals surface area (Å²) in [7, 11) is 0. The molecule has 0 aliphatic heterocycles. The van der Waals surface area contributed by atoms with Crippen LogP contribution in [0.1, 0.15) is 78.2 Å². The van der Waals surface area contributed by atoms with Crippen LogP contribution >= 0.6 is 11.6 Å². The van der Waals surface area contributed by atoms with Crippen LogP contribution in [0.15, 0.2) is 36.7 Å². The third-order valence-corrected chi connectivity index (χ3v) is 6.13. The molecule has 2 atom stereocenters. The summed E-state index contributed by atoms with van der Waals surface area (Å²) in [6.45, 7) is 8.63. The average Bonchev–Trinajstić information content (AvgIpc) is 2.77. The number of hydrogen-bond acceptors (Lipinski definition) is 4. The van der Waals surface area contributed by atoms with Gasteiger partial charge in [0.2, 0.25) is 0 Å². The number of halogens is 1. The molecule has 0 spiro atoms. The van der Waals surface area contributed by atoms with Crippen molar-refractivity contribution in [2.24, 2.45) is 11.8 Å². The number of ether oxygens (including phenoxy) is 1. The largest absolute Gasteiger partial charge is 0.425 e. The van der Waals surface area contributed by atoms with Gasteiger partial charge in [0.25, 0.3) is 0 Å². The summed E-state index contributed by atoms with van der Waals surface area (Å²) in [4.78, 5) is 21.4. The van der Waals surface area contributed by atoms with Crippen molar-refractivity contribution < 1.29 is 9.53 Å². The summed E-state index contributed by atoms with van der Waals surface area (Å²) in [5.41, 5.74) is 2.06. The van der Waals surface area contributed by atoms with E-state index in [9.17, 15) is 4.79 Å². The summed E-state index contributed by atoms with van der Waals surface area (Å²) in [5, 5.41) is -0.639. The fourth-order valence-corrected chi connectivity index (χ4v) is 3.63. The zero-order valence-electron chi connectivity index (χ0n) is 19.4. The van der Waals surface area contributed by atoms with Crippen LogP contribution in [-0.2, 0) is 11.2 Å². The maximum Gasteiger partial charge on any atom is 0.329 e. The highest BCUT2D eigenvalue weighted by atomic mass is 35.5. The van der Waals surface area contributed by atoms with Crippen LogP contribution in [0.5, 0.6) is 5.75 Å². The van der Waals surface area contributed by atoms with Crippen LogP contribution < -0.4 is 4.74 Å². The molecule has 2 aromatic rings. The second-order valence-corrected chi connectivity index (χ2v) is 9.35. The lowest BCUT2D eigenvalue weighted by molar-refractivity contribution is -0.134. The van der Waals surface area contributed by atoms with Crippen LogP contribution in [0.25, 0.3) is 11.4 Å². The molecule has 1 heterocycles. The zero-order chi connectivity index (χ0) is 22.6. The van der Waals surface area contributed by atoms with Crippen LogP contribution in [0.2, 0.25) is 0 Å². The Kier molecular flexibility index (Phi) is 11.0. The van der Waals surface area contributed by atoms with Crippen molar-refractivity contribution in [2.45, 2.75) is 84.4 Å². The molecular weight excluding hydrogens is 408 g/mol. The van der Waals surface area contributed by atoms with E-state index < -0.39 is 11.3 Å². The van der Waals surface area contributed by atoms with Gasteiger partial charge in [-0.3, -0.25) is 4.79 Å². The molecule has 31 heavy (non-hydrogen) atoms. The number of alkyl halides is 1. The van der Waals surface area contributed by atoms with E-state index in [1.54, 1.807) is 12.1 Å². The fourth-order valence-electron chi connectivity index (χ4n) is 3.46. The number of unbranched alkanes of at least 4 members (excludes halogenated alkanes) is 3. The smallest absolute Gasteiger partial charge is 0.329 e. The topological polar surface area (TPSA) is 52.1 Å². The minimum atomic E-state index is -0.639. The second-order valence-electron chi connectivity index (χ2n) is 8.87. The van der Waals surface area contributed by atoms with Crippen molar-refractivity contribution in [1.82, 2.24) is 9.97 Å². The van der Waals surface area contributed by atoms with Crippen molar-refractivity contribution >= 4 is 17.6 Å². The van der Waals surface area contributed by atoms with Crippen molar-refractivity contribution in [2.75, 3.05) is 0 Å². The Bertz CT molecular complexity index is 775. The van der Waals surface area contributed by atoms with Crippen molar-refractivity contribution in [3.63, 3.8) is 0 Å². The van der Waals surface area contributed by atoms with Crippen LogP contribution in [0, 0.1) is 11.8 Å². The number of nitrogens with zero attached hydrogens (tertiary/aromatic N) is 2. The highest BCUT2D eigenvalue weighted by Gasteiger charge is 2.24. The van der Waals surface area contributed by atoms with Gasteiger partial charge in [-0.05, 0) is 60.9 Å². The molecule has 4 nitrogen and oxygen atoms in total. The average molecular weight is 445 g/mol. The van der Waals surface area contributed by atoms with Crippen LogP contribution in [0.3, 0.4) is 0 Å². The molecule has 5 heteroatoms. The first-order chi connectivity index (χ1) is 14.9. The normalized spacial score (nSPS) is 13.2. The second kappa shape index (κ2) is 13.5. The number of rotatable bonds is 13. The fraction of sp³-hybridized carbons (Fsp3) is 0.577. The Morgan fingerprint density at radius 2 is 1.65 bits per heavy atom. The van der Waals surface area contributed by atoms with E-state index in [0.29, 0.717) is 17.5 Å². The minimum Gasteiger partial charge on any atom is -0.425 e. The lowest BCUT2D eigenvalue weighted by atomic mass is 9.97. The standard InChI is InChI=1S/C26H37ClN2O2/c1-5-6-7-8-12-21-17-28-25(29-18-21)22-13-15-23(16-14-22)31-26(30)24(27)20(4)11-9-10-19(2)3/h13-20,24H,5-12H2,1-4H3. The molecule has 0 bridgehead atoms. The Morgan fingerprint density at radius 1 is 0.968 bits per heavy atom. The van der Waals surface area contributed by atoms with Gasteiger partial charge in [0, 0.05) is 18.0 Å². The number of esters is 1. The number of carbonyl (C=O) groups excluding carboxylic acids is 1. The van der Waals surface area contributed by atoms with Crippen molar-refractivity contribution in [3.05, 3.63) is 42.2 Å². The van der Waals surface area contributed by atoms with Gasteiger partial charge in [-0.2, -0.15) is 0 Å². The molecule has 0 saturated heterocycles. The minimum absolute atomic E-state index is 0.0843. The first-order valence-electron chi connectivity index (χ1n) is 11.7. The monoisotopic (exact) mass is 444 g/mol. The van der Waals surface area contributed by atoms with Crippen LogP contribution in [0.4, 0.5) is 0 Å². The number of aromatic nitrogens is 2. The maximum atomic E-state index is 12.4. The molecule has 2 rings (SSSR count). The van der Waals surface area contributed by atoms with E-state index in [1.165, 1.54) is 31.2 Å². The number of aryl methyl sites for hydroxylation is 1. The Labute approximate surface area is 192 Å². The third-order valence-electron chi connectivity index (χ3n) is 5.52. The summed E-state index contributed by atoms with van der Waals surface area (Å²) in [6.07, 6.45) is 12.9. The predicted octanol–water partition coefficient (Wildman–Crippen LogP) is 7.24. The van der Waals surface area contributed by atoms with E-state index in [1.807, 2.05) is 31.5 Å². The van der Waals surface area contributed by atoms with Gasteiger partial charge in [-0.15, -0.1) is 11.6 Å². The maximum absolute atomic E-state index is 12.4. The quantitative estimate of drug-likeness (QED) is 0.141. The first-order valence-corrected chi connectivity index (χ1v) is 12.1. The van der Waals surface area contributed by atoms with E-state index in [4.69, 9.17) is 16.3 Å². The Morgan fingerprint density at radius 3 is 2.26 bits per heavy atom. The molecule has 1 aromatic heterocycles. The van der Waals surface area contributed by atoms with Gasteiger partial charge < -0.3 is 4.74 Å². The highest BCUT2D eigenvalue weighted by molar-refractivity contribution is 6.30. The van der Waals surface area contributed by atoms with E-state index >= 15 is 0 Å². The number of benzene rings is 1. The van der Waals surface area contributed by atoms with Gasteiger partial charge in [-0.25, -0.2) is 9.97 Å². The molecule has 2 unspecified atom stereocenters. The molecule has 1 aromatic carbocycles. The predicted molar refractivity (Wildman–Crippen MR) is 128 cm³/mol. The SMILES string of the molecule is CCCCCCc1cnc(-c2ccc(OC(=O)C(Cl)C(C)CCCC(C)C)cc2)nc1. The molecule has 0 N–H and O–H groups in total. The van der Waals surface area contributed by atoms with E-state index in [0.717, 1.165) is 31.2 Å². The van der Waals surface area contributed by atoms with Crippen molar-refractivity contribution in [1.29, 1.82) is 0 Å². The zero-order valence-corrected chi connectivity index (χ0v) is 20.2. The molecule has 0 radical (unpaired) electrons. The van der Waals surface area contributed by atoms with Gasteiger partial charge in [0.1, 0.15) is 11.1 Å². The van der Waals surface area contributed by atoms with E-state index in [-0.39, 0.29) is 5.92 Å².